The van der Waals surface area contributed by atoms with Crippen LogP contribution in [0.2, 0.25) is 15.2 Å². The van der Waals surface area contributed by atoms with Crippen LogP contribution < -0.4 is 4.72 Å². The molecule has 0 saturated heterocycles. The van der Waals surface area contributed by atoms with Crippen LogP contribution in [0.5, 0.6) is 0 Å². The van der Waals surface area contributed by atoms with Crippen LogP contribution in [0.3, 0.4) is 0 Å². The number of halogens is 4. The molecule has 0 spiro atoms. The molecule has 10 heteroatoms. The first kappa shape index (κ1) is 15.8. The quantitative estimate of drug-likeness (QED) is 0.819. The Hall–Kier alpha value is -0.600. The molecule has 5 nitrogen and oxygen atoms in total. The van der Waals surface area contributed by atoms with Crippen molar-refractivity contribution in [1.29, 1.82) is 0 Å². The molecule has 0 unspecified atom stereocenters. The van der Waals surface area contributed by atoms with Crippen LogP contribution in [0.4, 0.5) is 5.82 Å². The lowest BCUT2D eigenvalue weighted by atomic mass is 10.4. The van der Waals surface area contributed by atoms with E-state index in [1.807, 2.05) is 0 Å². The maximum atomic E-state index is 12.3. The normalized spacial score (nSPS) is 11.4. The van der Waals surface area contributed by atoms with Gasteiger partial charge in [-0.25, -0.2) is 18.4 Å². The van der Waals surface area contributed by atoms with Crippen molar-refractivity contribution in [3.63, 3.8) is 0 Å². The van der Waals surface area contributed by atoms with Gasteiger partial charge < -0.3 is 0 Å². The van der Waals surface area contributed by atoms with Gasteiger partial charge >= 0.3 is 0 Å². The van der Waals surface area contributed by atoms with Crippen molar-refractivity contribution in [3.8, 4) is 0 Å². The Morgan fingerprint density at radius 3 is 2.60 bits per heavy atom. The topological polar surface area (TPSA) is 72.0 Å². The van der Waals surface area contributed by atoms with E-state index in [0.29, 0.717) is 0 Å². The maximum Gasteiger partial charge on any atom is 0.264 e. The Bertz CT molecular complexity index is 770. The summed E-state index contributed by atoms with van der Waals surface area (Å²) in [6.45, 7) is 0. The minimum Gasteiger partial charge on any atom is -0.261 e. The summed E-state index contributed by atoms with van der Waals surface area (Å²) < 4.78 is 26.9. The van der Waals surface area contributed by atoms with Crippen molar-refractivity contribution in [2.45, 2.75) is 4.90 Å². The van der Waals surface area contributed by atoms with Crippen LogP contribution >= 0.6 is 50.7 Å². The lowest BCUT2D eigenvalue weighted by Gasteiger charge is -2.10. The highest BCUT2D eigenvalue weighted by atomic mass is 79.9. The molecule has 0 fully saturated rings. The van der Waals surface area contributed by atoms with E-state index in [-0.39, 0.29) is 30.5 Å². The predicted octanol–water partition coefficient (Wildman–Crippen LogP) is 4.00. The summed E-state index contributed by atoms with van der Waals surface area (Å²) in [6.07, 6.45) is 1.27. The smallest absolute Gasteiger partial charge is 0.261 e. The highest BCUT2D eigenvalue weighted by Gasteiger charge is 2.21. The molecule has 0 aliphatic rings. The molecule has 1 N–H and O–H groups in total. The summed E-state index contributed by atoms with van der Waals surface area (Å²) >= 11 is 20.4. The molecule has 1 aromatic heterocycles. The van der Waals surface area contributed by atoms with E-state index < -0.39 is 10.0 Å². The second-order valence-corrected chi connectivity index (χ2v) is 7.06. The molecule has 1 aromatic carbocycles. The Balaban J connectivity index is 2.46. The molecule has 0 amide bonds. The summed E-state index contributed by atoms with van der Waals surface area (Å²) in [5, 5.41) is 0.0988. The minimum atomic E-state index is -3.96. The molecule has 20 heavy (non-hydrogen) atoms. The summed E-state index contributed by atoms with van der Waals surface area (Å²) in [6, 6.07) is 4.28. The van der Waals surface area contributed by atoms with Gasteiger partial charge in [0.05, 0.1) is 16.2 Å². The van der Waals surface area contributed by atoms with Crippen molar-refractivity contribution in [2.75, 3.05) is 4.72 Å². The van der Waals surface area contributed by atoms with Crippen molar-refractivity contribution >= 4 is 66.6 Å². The molecule has 0 radical (unpaired) electrons. The SMILES string of the molecule is O=S(=O)(Nc1nc(Cl)cnc1Br)c1cccc(Cl)c1Cl. The number of aromatic nitrogens is 2. The van der Waals surface area contributed by atoms with Gasteiger partial charge in [-0.15, -0.1) is 0 Å². The van der Waals surface area contributed by atoms with Gasteiger partial charge in [0.2, 0.25) is 0 Å². The van der Waals surface area contributed by atoms with Crippen molar-refractivity contribution in [1.82, 2.24) is 9.97 Å². The molecular weight excluding hydrogens is 412 g/mol. The van der Waals surface area contributed by atoms with E-state index >= 15 is 0 Å². The summed E-state index contributed by atoms with van der Waals surface area (Å²) in [7, 11) is -3.96. The monoisotopic (exact) mass is 415 g/mol. The van der Waals surface area contributed by atoms with Gasteiger partial charge in [-0.1, -0.05) is 40.9 Å². The molecule has 1 heterocycles. The number of sulfonamides is 1. The molecule has 0 aliphatic carbocycles. The van der Waals surface area contributed by atoms with Gasteiger partial charge in [-0.3, -0.25) is 4.72 Å². The zero-order chi connectivity index (χ0) is 14.9. The van der Waals surface area contributed by atoms with E-state index in [0.717, 1.165) is 0 Å². The molecule has 2 aromatic rings. The second kappa shape index (κ2) is 6.03. The van der Waals surface area contributed by atoms with Crippen LogP contribution in [0.1, 0.15) is 0 Å². The van der Waals surface area contributed by atoms with Crippen molar-refractivity contribution in [2.24, 2.45) is 0 Å². The van der Waals surface area contributed by atoms with Crippen LogP contribution in [0.15, 0.2) is 33.9 Å². The van der Waals surface area contributed by atoms with Gasteiger partial charge in [0, 0.05) is 0 Å². The highest BCUT2D eigenvalue weighted by Crippen LogP contribution is 2.31. The predicted molar refractivity (Wildman–Crippen MR) is 82.0 cm³/mol. The summed E-state index contributed by atoms with van der Waals surface area (Å²) in [5.41, 5.74) is 0. The highest BCUT2D eigenvalue weighted by molar-refractivity contribution is 9.10. The van der Waals surface area contributed by atoms with Gasteiger partial charge in [-0.05, 0) is 28.1 Å². The van der Waals surface area contributed by atoms with Gasteiger partial charge in [0.1, 0.15) is 14.7 Å². The Morgan fingerprint density at radius 1 is 1.20 bits per heavy atom. The molecule has 2 rings (SSSR count). The number of anilines is 1. The van der Waals surface area contributed by atoms with Crippen LogP contribution in [-0.2, 0) is 10.0 Å². The lowest BCUT2D eigenvalue weighted by molar-refractivity contribution is 0.601. The van der Waals surface area contributed by atoms with E-state index in [9.17, 15) is 8.42 Å². The van der Waals surface area contributed by atoms with Gasteiger partial charge in [0.25, 0.3) is 10.0 Å². The van der Waals surface area contributed by atoms with E-state index in [4.69, 9.17) is 34.8 Å². The average molecular weight is 417 g/mol. The number of benzene rings is 1. The van der Waals surface area contributed by atoms with Crippen LogP contribution in [0.25, 0.3) is 0 Å². The fraction of sp³-hybridized carbons (Fsp3) is 0. The summed E-state index contributed by atoms with van der Waals surface area (Å²) in [4.78, 5) is 7.49. The second-order valence-electron chi connectivity index (χ2n) is 3.49. The molecule has 0 bridgehead atoms. The van der Waals surface area contributed by atoms with Crippen molar-refractivity contribution in [3.05, 3.63) is 44.2 Å². The Labute approximate surface area is 138 Å². The molecular formula is C10H5BrCl3N3O2S. The Morgan fingerprint density at radius 2 is 1.90 bits per heavy atom. The number of nitrogens with zero attached hydrogens (tertiary/aromatic N) is 2. The number of nitrogens with one attached hydrogen (secondary N) is 1. The first-order valence-electron chi connectivity index (χ1n) is 4.96. The van der Waals surface area contributed by atoms with Crippen molar-refractivity contribution < 1.29 is 8.42 Å². The number of rotatable bonds is 3. The first-order valence-corrected chi connectivity index (χ1v) is 8.37. The zero-order valence-electron chi connectivity index (χ0n) is 9.44. The van der Waals surface area contributed by atoms with E-state index in [2.05, 4.69) is 30.6 Å². The van der Waals surface area contributed by atoms with E-state index in [1.165, 1.54) is 24.4 Å². The fourth-order valence-electron chi connectivity index (χ4n) is 1.29. The standard InChI is InChI=1S/C10H5BrCl3N3O2S/c11-9-10(16-7(13)4-15-9)17-20(18,19)6-3-1-2-5(12)8(6)14/h1-4H,(H,16,17). The zero-order valence-corrected chi connectivity index (χ0v) is 14.1. The largest absolute Gasteiger partial charge is 0.264 e. The lowest BCUT2D eigenvalue weighted by Crippen LogP contribution is -2.15. The van der Waals surface area contributed by atoms with Gasteiger partial charge in [-0.2, -0.15) is 0 Å². The average Bonchev–Trinajstić information content (AvgIpc) is 2.36. The molecule has 0 aliphatic heterocycles. The summed E-state index contributed by atoms with van der Waals surface area (Å²) in [5.74, 6) is -0.0476. The Kier molecular flexibility index (Phi) is 4.76. The number of hydrogen-bond donors (Lipinski definition) is 1. The first-order chi connectivity index (χ1) is 9.31. The fourth-order valence-corrected chi connectivity index (χ4v) is 3.62. The molecule has 0 atom stereocenters. The third-order valence-corrected chi connectivity index (χ3v) is 5.21. The van der Waals surface area contributed by atoms with E-state index in [1.54, 1.807) is 0 Å². The minimum absolute atomic E-state index is 0.0445. The van der Waals surface area contributed by atoms with Crippen LogP contribution in [0, 0.1) is 0 Å². The van der Waals surface area contributed by atoms with Crippen LogP contribution in [-0.4, -0.2) is 18.4 Å². The third kappa shape index (κ3) is 3.35. The van der Waals surface area contributed by atoms with Gasteiger partial charge in [0.15, 0.2) is 5.82 Å². The molecule has 0 saturated carbocycles. The third-order valence-electron chi connectivity index (χ3n) is 2.14. The maximum absolute atomic E-state index is 12.3. The number of hydrogen-bond acceptors (Lipinski definition) is 4. The molecule has 106 valence electrons.